The van der Waals surface area contributed by atoms with E-state index in [0.717, 1.165) is 19.3 Å². The molecule has 0 bridgehead atoms. The molecule has 0 amide bonds. The first-order valence-corrected chi connectivity index (χ1v) is 5.44. The molecular weight excluding hydrogens is 268 g/mol. The number of hydrogen-bond donors (Lipinski definition) is 1. The molecule has 0 unspecified atom stereocenters. The number of methoxy groups -OCH3 is 1. The Hall–Kier alpha value is -2.83. The Labute approximate surface area is 114 Å². The molecule has 0 heterocycles. The number of para-hydroxylation sites is 2. The van der Waals surface area contributed by atoms with Crippen molar-refractivity contribution in [1.29, 1.82) is 0 Å². The molecule has 20 heavy (non-hydrogen) atoms. The number of carbonyl (C=O) groups excluding carboxylic acids is 3. The fraction of sp³-hybridized carbons (Fsp3) is 0.154. The molecule has 1 N–H and O–H groups in total. The lowest BCUT2D eigenvalue weighted by Gasteiger charge is -2.05. The summed E-state index contributed by atoms with van der Waals surface area (Å²) in [6, 6.07) is 5.84. The van der Waals surface area contributed by atoms with Gasteiger partial charge in [0, 0.05) is 12.2 Å². The van der Waals surface area contributed by atoms with Crippen molar-refractivity contribution >= 4 is 17.9 Å². The quantitative estimate of drug-likeness (QED) is 0.478. The molecule has 0 aliphatic carbocycles. The molecule has 0 fully saturated rings. The average molecular weight is 280 g/mol. The maximum atomic E-state index is 11.3. The third kappa shape index (κ3) is 5.21. The normalized spacial score (nSPS) is 10.1. The summed E-state index contributed by atoms with van der Waals surface area (Å²) in [7, 11) is 1.15. The molecule has 0 aromatic heterocycles. The molecule has 0 aliphatic rings. The zero-order valence-electron chi connectivity index (χ0n) is 10.6. The first-order valence-electron chi connectivity index (χ1n) is 5.44. The van der Waals surface area contributed by atoms with Gasteiger partial charge < -0.3 is 19.3 Å². The number of phenolic OH excluding ortho intramolecular Hbond substituents is 1. The second-order valence-corrected chi connectivity index (χ2v) is 3.41. The number of esters is 3. The zero-order valence-corrected chi connectivity index (χ0v) is 10.6. The highest BCUT2D eigenvalue weighted by molar-refractivity contribution is 5.92. The minimum Gasteiger partial charge on any atom is -0.504 e. The summed E-state index contributed by atoms with van der Waals surface area (Å²) in [5, 5.41) is 9.36. The van der Waals surface area contributed by atoms with Crippen LogP contribution in [-0.4, -0.2) is 36.7 Å². The van der Waals surface area contributed by atoms with E-state index in [1.165, 1.54) is 12.1 Å². The highest BCUT2D eigenvalue weighted by atomic mass is 16.6. The van der Waals surface area contributed by atoms with Gasteiger partial charge in [-0.15, -0.1) is 0 Å². The third-order valence-corrected chi connectivity index (χ3v) is 1.98. The van der Waals surface area contributed by atoms with Crippen LogP contribution in [0.4, 0.5) is 0 Å². The lowest BCUT2D eigenvalue weighted by atomic mass is 10.3. The Bertz CT molecular complexity index is 533. The van der Waals surface area contributed by atoms with Crippen molar-refractivity contribution in [3.63, 3.8) is 0 Å². The third-order valence-electron chi connectivity index (χ3n) is 1.98. The molecule has 0 atom stereocenters. The van der Waals surface area contributed by atoms with E-state index in [1.54, 1.807) is 12.1 Å². The first-order chi connectivity index (χ1) is 9.52. The molecule has 0 saturated heterocycles. The lowest BCUT2D eigenvalue weighted by molar-refractivity contribution is -0.150. The van der Waals surface area contributed by atoms with Crippen LogP contribution in [0, 0.1) is 0 Å². The van der Waals surface area contributed by atoms with E-state index in [2.05, 4.69) is 9.47 Å². The molecule has 7 heteroatoms. The number of rotatable bonds is 5. The number of hydrogen-bond acceptors (Lipinski definition) is 7. The van der Waals surface area contributed by atoms with Gasteiger partial charge in [0.15, 0.2) is 18.1 Å². The molecule has 0 saturated carbocycles. The topological polar surface area (TPSA) is 99.1 Å². The zero-order chi connectivity index (χ0) is 15.0. The van der Waals surface area contributed by atoms with Crippen LogP contribution in [0.5, 0.6) is 11.5 Å². The Morgan fingerprint density at radius 3 is 2.45 bits per heavy atom. The summed E-state index contributed by atoms with van der Waals surface area (Å²) in [6.07, 6.45) is 1.68. The highest BCUT2D eigenvalue weighted by Gasteiger charge is 2.10. The smallest absolute Gasteiger partial charge is 0.349 e. The molecule has 0 radical (unpaired) electrons. The summed E-state index contributed by atoms with van der Waals surface area (Å²) in [4.78, 5) is 33.1. The van der Waals surface area contributed by atoms with Crippen LogP contribution in [0.25, 0.3) is 0 Å². The fourth-order valence-electron chi connectivity index (χ4n) is 1.08. The number of phenols is 1. The number of ether oxygens (including phenoxy) is 3. The summed E-state index contributed by atoms with van der Waals surface area (Å²) in [5.41, 5.74) is 0. The standard InChI is InChI=1S/C13H12O7/c1-18-11(15)6-7-12(16)19-8-13(17)20-10-5-3-2-4-9(10)14/h2-7,14H,8H2,1H3. The lowest BCUT2D eigenvalue weighted by Crippen LogP contribution is -2.18. The van der Waals surface area contributed by atoms with Crippen molar-refractivity contribution in [2.24, 2.45) is 0 Å². The van der Waals surface area contributed by atoms with Crippen LogP contribution in [0.1, 0.15) is 0 Å². The summed E-state index contributed by atoms with van der Waals surface area (Å²) in [6.45, 7) is -0.654. The van der Waals surface area contributed by atoms with Crippen molar-refractivity contribution < 1.29 is 33.7 Å². The second kappa shape index (κ2) is 7.57. The fourth-order valence-corrected chi connectivity index (χ4v) is 1.08. The monoisotopic (exact) mass is 280 g/mol. The van der Waals surface area contributed by atoms with Crippen molar-refractivity contribution in [3.8, 4) is 11.5 Å². The van der Waals surface area contributed by atoms with Crippen molar-refractivity contribution in [1.82, 2.24) is 0 Å². The van der Waals surface area contributed by atoms with Crippen LogP contribution in [0.2, 0.25) is 0 Å². The van der Waals surface area contributed by atoms with Gasteiger partial charge in [0.2, 0.25) is 0 Å². The molecule has 1 aromatic rings. The van der Waals surface area contributed by atoms with Crippen LogP contribution >= 0.6 is 0 Å². The van der Waals surface area contributed by atoms with E-state index in [-0.39, 0.29) is 11.5 Å². The van der Waals surface area contributed by atoms with Crippen LogP contribution < -0.4 is 4.74 Å². The number of aromatic hydroxyl groups is 1. The average Bonchev–Trinajstić information content (AvgIpc) is 2.45. The van der Waals surface area contributed by atoms with Crippen LogP contribution in [0.3, 0.4) is 0 Å². The van der Waals surface area contributed by atoms with E-state index < -0.39 is 24.5 Å². The van der Waals surface area contributed by atoms with Crippen LogP contribution in [0.15, 0.2) is 36.4 Å². The van der Waals surface area contributed by atoms with Gasteiger partial charge in [-0.05, 0) is 12.1 Å². The van der Waals surface area contributed by atoms with Gasteiger partial charge in [-0.2, -0.15) is 0 Å². The predicted octanol–water partition coefficient (Wildman–Crippen LogP) is 0.570. The van der Waals surface area contributed by atoms with Gasteiger partial charge in [0.05, 0.1) is 7.11 Å². The van der Waals surface area contributed by atoms with Crippen molar-refractivity contribution in [2.75, 3.05) is 13.7 Å². The van der Waals surface area contributed by atoms with E-state index >= 15 is 0 Å². The molecule has 1 aromatic carbocycles. The van der Waals surface area contributed by atoms with E-state index in [4.69, 9.17) is 4.74 Å². The van der Waals surface area contributed by atoms with Crippen molar-refractivity contribution in [3.05, 3.63) is 36.4 Å². The van der Waals surface area contributed by atoms with Gasteiger partial charge in [-0.3, -0.25) is 0 Å². The Morgan fingerprint density at radius 2 is 1.80 bits per heavy atom. The highest BCUT2D eigenvalue weighted by Crippen LogP contribution is 2.24. The van der Waals surface area contributed by atoms with Gasteiger partial charge >= 0.3 is 17.9 Å². The minimum absolute atomic E-state index is 0.0429. The Morgan fingerprint density at radius 1 is 1.15 bits per heavy atom. The molecule has 7 nitrogen and oxygen atoms in total. The molecule has 1 rings (SSSR count). The van der Waals surface area contributed by atoms with Crippen LogP contribution in [-0.2, 0) is 23.9 Å². The number of carbonyl (C=O) groups is 3. The second-order valence-electron chi connectivity index (χ2n) is 3.41. The molecule has 0 aliphatic heterocycles. The largest absolute Gasteiger partial charge is 0.504 e. The first kappa shape index (κ1) is 15.2. The van der Waals surface area contributed by atoms with E-state index in [1.807, 2.05) is 0 Å². The summed E-state index contributed by atoms with van der Waals surface area (Å²) >= 11 is 0. The predicted molar refractivity (Wildman–Crippen MR) is 65.9 cm³/mol. The summed E-state index contributed by atoms with van der Waals surface area (Å²) in [5.74, 6) is -2.74. The Balaban J connectivity index is 2.41. The molecule has 0 spiro atoms. The maximum Gasteiger partial charge on any atom is 0.349 e. The van der Waals surface area contributed by atoms with Crippen molar-refractivity contribution in [2.45, 2.75) is 0 Å². The maximum absolute atomic E-state index is 11.3. The van der Waals surface area contributed by atoms with Gasteiger partial charge in [0.25, 0.3) is 0 Å². The van der Waals surface area contributed by atoms with E-state index in [9.17, 15) is 19.5 Å². The van der Waals surface area contributed by atoms with Gasteiger partial charge in [-0.25, -0.2) is 14.4 Å². The van der Waals surface area contributed by atoms with E-state index in [0.29, 0.717) is 0 Å². The van der Waals surface area contributed by atoms with Gasteiger partial charge in [0.1, 0.15) is 0 Å². The SMILES string of the molecule is COC(=O)C=CC(=O)OCC(=O)Oc1ccccc1O. The minimum atomic E-state index is -0.898. The molecular formula is C13H12O7. The van der Waals surface area contributed by atoms with Gasteiger partial charge in [-0.1, -0.05) is 12.1 Å². The molecule has 106 valence electrons. The summed E-state index contributed by atoms with van der Waals surface area (Å²) < 4.78 is 13.5. The Kier molecular flexibility index (Phi) is 5.76. The number of benzene rings is 1.